The van der Waals surface area contributed by atoms with Crippen molar-refractivity contribution in [3.63, 3.8) is 0 Å². The Morgan fingerprint density at radius 2 is 1.82 bits per heavy atom. The van der Waals surface area contributed by atoms with Crippen molar-refractivity contribution in [2.75, 3.05) is 42.2 Å². The Bertz CT molecular complexity index is 2890. The van der Waals surface area contributed by atoms with Crippen LogP contribution in [0.15, 0.2) is 89.8 Å². The van der Waals surface area contributed by atoms with Gasteiger partial charge in [0.1, 0.15) is 27.9 Å². The number of thioether (sulfide) groups is 1. The number of halogens is 1. The number of nitrogens with one attached hydrogen (secondary N) is 2. The first kappa shape index (κ1) is 47.6. The summed E-state index contributed by atoms with van der Waals surface area (Å²) in [5.41, 5.74) is 4.17. The number of carbonyl (C=O) groups excluding carboxylic acids is 5. The molecule has 6 heterocycles. The van der Waals surface area contributed by atoms with Gasteiger partial charge in [-0.25, -0.2) is 8.42 Å². The molecule has 3 unspecified atom stereocenters. The van der Waals surface area contributed by atoms with Crippen LogP contribution in [0.5, 0.6) is 5.75 Å². The fourth-order valence-electron chi connectivity index (χ4n) is 10.5. The van der Waals surface area contributed by atoms with E-state index in [4.69, 9.17) is 16.3 Å². The number of likely N-dealkylation sites (tertiary alicyclic amines) is 1. The van der Waals surface area contributed by atoms with Crippen molar-refractivity contribution in [1.82, 2.24) is 19.4 Å². The molecule has 9 rings (SSSR count). The number of amides is 3. The first-order valence-electron chi connectivity index (χ1n) is 22.9. The van der Waals surface area contributed by atoms with Crippen LogP contribution in [0.3, 0.4) is 0 Å². The number of ether oxygens (including phenoxy) is 1. The third-order valence-corrected chi connectivity index (χ3v) is 18.4. The quantitative estimate of drug-likeness (QED) is 0.0971. The van der Waals surface area contributed by atoms with Crippen molar-refractivity contribution in [2.45, 2.75) is 88.2 Å². The first-order valence-corrected chi connectivity index (χ1v) is 26.6. The van der Waals surface area contributed by atoms with Gasteiger partial charge < -0.3 is 19.9 Å². The van der Waals surface area contributed by atoms with Crippen molar-refractivity contribution in [3.8, 4) is 16.2 Å². The van der Waals surface area contributed by atoms with E-state index in [-0.39, 0.29) is 46.4 Å². The van der Waals surface area contributed by atoms with E-state index in [2.05, 4.69) is 44.8 Å². The fraction of sp³-hybridized carbons (Fsp3) is 0.380. The lowest BCUT2D eigenvalue weighted by atomic mass is 9.85. The minimum atomic E-state index is -3.68. The number of imide groups is 1. The van der Waals surface area contributed by atoms with Gasteiger partial charge in [0.25, 0.3) is 5.91 Å². The number of piperidine rings is 2. The Hall–Kier alpha value is -5.46. The van der Waals surface area contributed by atoms with Crippen LogP contribution in [-0.2, 0) is 24.4 Å². The van der Waals surface area contributed by atoms with Crippen LogP contribution < -0.4 is 20.3 Å². The smallest absolute Gasteiger partial charge is 0.259 e. The maximum absolute atomic E-state index is 14.2. The number of sulfonamides is 1. The van der Waals surface area contributed by atoms with E-state index < -0.39 is 27.5 Å². The molecule has 0 saturated carbocycles. The van der Waals surface area contributed by atoms with E-state index in [1.54, 1.807) is 21.0 Å². The summed E-state index contributed by atoms with van der Waals surface area (Å²) >= 11 is 9.57. The number of thiophene rings is 1. The fourth-order valence-corrected chi connectivity index (χ4v) is 15.0. The molecule has 4 aromatic rings. The topological polar surface area (TPSA) is 166 Å². The van der Waals surface area contributed by atoms with Gasteiger partial charge in [-0.3, -0.25) is 34.2 Å². The Morgan fingerprint density at radius 1 is 1.03 bits per heavy atom. The summed E-state index contributed by atoms with van der Waals surface area (Å²) in [6, 6.07) is 16.8. The molecule has 68 heavy (non-hydrogen) atoms. The van der Waals surface area contributed by atoms with E-state index in [0.29, 0.717) is 72.2 Å². The molecule has 3 atom stereocenters. The van der Waals surface area contributed by atoms with Crippen LogP contribution in [0.25, 0.3) is 21.2 Å². The zero-order valence-electron chi connectivity index (χ0n) is 38.0. The van der Waals surface area contributed by atoms with Gasteiger partial charge in [0, 0.05) is 60.3 Å². The van der Waals surface area contributed by atoms with Gasteiger partial charge in [-0.2, -0.15) is 4.31 Å². The predicted molar refractivity (Wildman–Crippen MR) is 269 cm³/mol. The van der Waals surface area contributed by atoms with Gasteiger partial charge in [-0.15, -0.1) is 11.3 Å². The standard InChI is InChI=1S/C50H53ClN6O8S3/c1-4-7-40(48(61)52-30-60)57-39-14-13-36(37-10-6-11-38(44(37)39)49(57)62)32-16-19-54(20-17-32)43-27-55-26-31(12-15-42(55)67-43)29-68(63,64)56-21-18-35(25-50(56,2)3)53-34-9-5-8-33(24-34)47-45(51)46(65-23-22-58)41(28-59)66-47/h5-6,8-15,22,24,26-28,30,32,35,40,42,53H,4,7,16-21,23,25,29H2,1-3H3,(H,52,60,61). The van der Waals surface area contributed by atoms with E-state index in [1.165, 1.54) is 16.9 Å². The van der Waals surface area contributed by atoms with E-state index in [9.17, 15) is 32.4 Å². The van der Waals surface area contributed by atoms with Crippen LogP contribution in [0.4, 0.5) is 11.4 Å². The maximum Gasteiger partial charge on any atom is 0.259 e. The molecule has 1 aromatic heterocycles. The zero-order valence-corrected chi connectivity index (χ0v) is 41.2. The largest absolute Gasteiger partial charge is 0.483 e. The predicted octanol–water partition coefficient (Wildman–Crippen LogP) is 8.51. The summed E-state index contributed by atoms with van der Waals surface area (Å²) < 4.78 is 35.4. The summed E-state index contributed by atoms with van der Waals surface area (Å²) in [6.45, 7) is 7.73. The van der Waals surface area contributed by atoms with E-state index in [1.807, 2.05) is 75.5 Å². The van der Waals surface area contributed by atoms with Crippen molar-refractivity contribution in [1.29, 1.82) is 0 Å². The molecule has 2 N–H and O–H groups in total. The van der Waals surface area contributed by atoms with Crippen molar-refractivity contribution in [3.05, 3.63) is 111 Å². The molecule has 2 saturated heterocycles. The molecule has 0 aliphatic carbocycles. The number of benzene rings is 3. The molecule has 0 radical (unpaired) electrons. The minimum Gasteiger partial charge on any atom is -0.483 e. The molecule has 5 aliphatic heterocycles. The molecule has 0 spiro atoms. The average Bonchev–Trinajstić information content (AvgIpc) is 3.98. The Balaban J connectivity index is 0.820. The summed E-state index contributed by atoms with van der Waals surface area (Å²) in [4.78, 5) is 67.6. The van der Waals surface area contributed by atoms with Gasteiger partial charge in [-0.05, 0) is 98.2 Å². The molecule has 14 nitrogen and oxygen atoms in total. The lowest BCUT2D eigenvalue weighted by molar-refractivity contribution is -0.126. The molecule has 356 valence electrons. The number of rotatable bonds is 17. The maximum atomic E-state index is 14.2. The molecular formula is C50H53ClN6O8S3. The summed E-state index contributed by atoms with van der Waals surface area (Å²) in [5.74, 6) is -0.352. The molecule has 5 aliphatic rings. The van der Waals surface area contributed by atoms with Crippen LogP contribution >= 0.6 is 34.7 Å². The third-order valence-electron chi connectivity index (χ3n) is 13.5. The highest BCUT2D eigenvalue weighted by Crippen LogP contribution is 2.47. The van der Waals surface area contributed by atoms with Crippen LogP contribution in [-0.4, -0.2) is 108 Å². The number of nitrogens with zero attached hydrogens (tertiary/aromatic N) is 4. The Kier molecular flexibility index (Phi) is 13.7. The molecule has 3 amide bonds. The second-order valence-corrected chi connectivity index (χ2v) is 22.8. The Labute approximate surface area is 409 Å². The van der Waals surface area contributed by atoms with Gasteiger partial charge >= 0.3 is 0 Å². The van der Waals surface area contributed by atoms with E-state index >= 15 is 0 Å². The van der Waals surface area contributed by atoms with Crippen LogP contribution in [0.1, 0.15) is 90.8 Å². The summed E-state index contributed by atoms with van der Waals surface area (Å²) in [5, 5.41) is 9.20. The molecular weight excluding hydrogens is 944 g/mol. The minimum absolute atomic E-state index is 0.00193. The third kappa shape index (κ3) is 9.10. The average molecular weight is 998 g/mol. The highest BCUT2D eigenvalue weighted by Gasteiger charge is 2.43. The van der Waals surface area contributed by atoms with Gasteiger partial charge in [0.05, 0.1) is 21.3 Å². The SMILES string of the molecule is CCCC(C(=O)NC=O)N1C(=O)c2cccc3c(C4CCN(C5=CN6C=C(CS(=O)(=O)N7CCC(Nc8cccc(-c9sc(C=O)c(OCC=O)c9Cl)c8)CC7(C)C)C=CC6S5)CC4)ccc1c23. The lowest BCUT2D eigenvalue weighted by Crippen LogP contribution is -2.55. The second-order valence-electron chi connectivity index (χ2n) is 18.3. The number of hydrogen-bond acceptors (Lipinski definition) is 13. The van der Waals surface area contributed by atoms with Crippen molar-refractivity contribution < 1.29 is 37.1 Å². The molecule has 2 fully saturated rings. The van der Waals surface area contributed by atoms with E-state index in [0.717, 1.165) is 58.6 Å². The number of fused-ring (bicyclic) bond motifs is 1. The zero-order chi connectivity index (χ0) is 47.9. The monoisotopic (exact) mass is 996 g/mol. The lowest BCUT2D eigenvalue weighted by Gasteiger charge is -2.45. The van der Waals surface area contributed by atoms with Crippen LogP contribution in [0, 0.1) is 0 Å². The van der Waals surface area contributed by atoms with Crippen LogP contribution in [0.2, 0.25) is 5.02 Å². The summed E-state index contributed by atoms with van der Waals surface area (Å²) in [6.07, 6.45) is 13.9. The molecule has 18 heteroatoms. The highest BCUT2D eigenvalue weighted by atomic mass is 35.5. The Morgan fingerprint density at radius 3 is 2.56 bits per heavy atom. The number of aldehydes is 2. The summed E-state index contributed by atoms with van der Waals surface area (Å²) in [7, 11) is -3.68. The van der Waals surface area contributed by atoms with Gasteiger partial charge in [0.15, 0.2) is 18.3 Å². The number of hydrogen-bond donors (Lipinski definition) is 2. The highest BCUT2D eigenvalue weighted by molar-refractivity contribution is 8.03. The molecule has 0 bridgehead atoms. The molecule has 3 aromatic carbocycles. The normalized spacial score (nSPS) is 20.8. The first-order chi connectivity index (χ1) is 32.7. The van der Waals surface area contributed by atoms with Gasteiger partial charge in [-0.1, -0.05) is 79.2 Å². The number of anilines is 2. The van der Waals surface area contributed by atoms with Gasteiger partial charge in [0.2, 0.25) is 22.3 Å². The number of allylic oxidation sites excluding steroid dienone is 1. The second kappa shape index (κ2) is 19.5. The van der Waals surface area contributed by atoms with Crippen molar-refractivity contribution in [2.24, 2.45) is 0 Å². The van der Waals surface area contributed by atoms with Crippen molar-refractivity contribution >= 4 is 97.7 Å². The number of carbonyl (C=O) groups is 5.